The van der Waals surface area contributed by atoms with Crippen molar-refractivity contribution in [2.24, 2.45) is 0 Å². The molecule has 3 heterocycles. The fourth-order valence-electron chi connectivity index (χ4n) is 4.34. The normalized spacial score (nSPS) is 15.1. The number of benzene rings is 2. The molecule has 9 heteroatoms. The molecular formula is C28H34N6O3. The van der Waals surface area contributed by atoms with Gasteiger partial charge in [-0.05, 0) is 18.6 Å². The summed E-state index contributed by atoms with van der Waals surface area (Å²) in [5.41, 5.74) is 1.92. The molecule has 1 aliphatic heterocycles. The highest BCUT2D eigenvalue weighted by Crippen LogP contribution is 2.35. The molecule has 0 unspecified atom stereocenters. The molecule has 0 radical (unpaired) electrons. The second-order valence-corrected chi connectivity index (χ2v) is 8.40. The van der Waals surface area contributed by atoms with Gasteiger partial charge in [-0.25, -0.2) is 19.9 Å². The average Bonchev–Trinajstić information content (AvgIpc) is 2.97. The van der Waals surface area contributed by atoms with Gasteiger partial charge in [-0.15, -0.1) is 0 Å². The zero-order chi connectivity index (χ0) is 26.2. The van der Waals surface area contributed by atoms with Crippen molar-refractivity contribution in [2.45, 2.75) is 33.4 Å². The van der Waals surface area contributed by atoms with E-state index in [4.69, 9.17) is 14.2 Å². The van der Waals surface area contributed by atoms with Gasteiger partial charge in [0.1, 0.15) is 18.8 Å². The van der Waals surface area contributed by atoms with E-state index in [0.717, 1.165) is 41.9 Å². The van der Waals surface area contributed by atoms with Crippen molar-refractivity contribution >= 4 is 22.7 Å². The van der Waals surface area contributed by atoms with E-state index in [0.29, 0.717) is 29.8 Å². The number of aromatic nitrogens is 4. The van der Waals surface area contributed by atoms with Crippen molar-refractivity contribution in [3.63, 3.8) is 0 Å². The van der Waals surface area contributed by atoms with Gasteiger partial charge in [0.05, 0.1) is 32.1 Å². The summed E-state index contributed by atoms with van der Waals surface area (Å²) in [4.78, 5) is 22.6. The lowest BCUT2D eigenvalue weighted by Gasteiger charge is -2.40. The second kappa shape index (κ2) is 12.2. The maximum Gasteiger partial charge on any atom is 0.225 e. The van der Waals surface area contributed by atoms with Crippen LogP contribution in [0.1, 0.15) is 26.3 Å². The van der Waals surface area contributed by atoms with Crippen LogP contribution in [-0.2, 0) is 6.61 Å². The number of ether oxygens (including phenoxy) is 3. The Bertz CT molecular complexity index is 1290. The van der Waals surface area contributed by atoms with Crippen LogP contribution in [0.15, 0.2) is 61.2 Å². The van der Waals surface area contributed by atoms with Gasteiger partial charge in [-0.2, -0.15) is 0 Å². The molecule has 2 aromatic heterocycles. The van der Waals surface area contributed by atoms with Crippen molar-refractivity contribution in [1.29, 1.82) is 0 Å². The number of piperazine rings is 1. The molecule has 0 bridgehead atoms. The van der Waals surface area contributed by atoms with Crippen molar-refractivity contribution in [3.05, 3.63) is 66.7 Å². The Balaban J connectivity index is 0.00000156. The van der Waals surface area contributed by atoms with Crippen molar-refractivity contribution in [1.82, 2.24) is 19.9 Å². The van der Waals surface area contributed by atoms with Gasteiger partial charge in [0.2, 0.25) is 5.95 Å². The van der Waals surface area contributed by atoms with Gasteiger partial charge in [0.25, 0.3) is 0 Å². The molecule has 4 aromatic rings. The summed E-state index contributed by atoms with van der Waals surface area (Å²) in [7, 11) is 3.25. The Morgan fingerprint density at radius 2 is 1.59 bits per heavy atom. The van der Waals surface area contributed by atoms with Gasteiger partial charge >= 0.3 is 0 Å². The maximum atomic E-state index is 5.82. The van der Waals surface area contributed by atoms with E-state index in [-0.39, 0.29) is 6.04 Å². The van der Waals surface area contributed by atoms with Crippen LogP contribution >= 0.6 is 0 Å². The molecule has 9 nitrogen and oxygen atoms in total. The third kappa shape index (κ3) is 5.82. The summed E-state index contributed by atoms with van der Waals surface area (Å²) in [6, 6.07) is 14.1. The van der Waals surface area contributed by atoms with E-state index >= 15 is 0 Å². The first-order valence-electron chi connectivity index (χ1n) is 12.5. The van der Waals surface area contributed by atoms with E-state index < -0.39 is 0 Å². The van der Waals surface area contributed by atoms with Gasteiger partial charge in [0, 0.05) is 37.1 Å². The van der Waals surface area contributed by atoms with Gasteiger partial charge < -0.3 is 24.0 Å². The summed E-state index contributed by atoms with van der Waals surface area (Å²) in [6.07, 6.45) is 5.07. The van der Waals surface area contributed by atoms with Crippen LogP contribution in [0.25, 0.3) is 10.9 Å². The SMILES string of the molecule is CC.COc1cc2ncnc(N3CCN(c4ncc(OCc5ccccc5)cn4)C[C@H]3C)c2cc1OC. The third-order valence-electron chi connectivity index (χ3n) is 6.16. The highest BCUT2D eigenvalue weighted by Gasteiger charge is 2.28. The summed E-state index contributed by atoms with van der Waals surface area (Å²) in [5.74, 6) is 3.54. The minimum atomic E-state index is 0.188. The molecule has 1 aliphatic rings. The molecule has 0 aliphatic carbocycles. The summed E-state index contributed by atoms with van der Waals surface area (Å²) >= 11 is 0. The first kappa shape index (κ1) is 25.9. The largest absolute Gasteiger partial charge is 0.493 e. The molecule has 5 rings (SSSR count). The van der Waals surface area contributed by atoms with Crippen molar-refractivity contribution in [2.75, 3.05) is 43.7 Å². The topological polar surface area (TPSA) is 85.7 Å². The van der Waals surface area contributed by atoms with Crippen LogP contribution in [-0.4, -0.2) is 59.8 Å². The summed E-state index contributed by atoms with van der Waals surface area (Å²) in [5, 5.41) is 0.932. The predicted molar refractivity (Wildman–Crippen MR) is 146 cm³/mol. The van der Waals surface area contributed by atoms with Crippen LogP contribution in [0.3, 0.4) is 0 Å². The van der Waals surface area contributed by atoms with E-state index in [1.54, 1.807) is 32.9 Å². The average molecular weight is 503 g/mol. The Morgan fingerprint density at radius 3 is 2.27 bits per heavy atom. The van der Waals surface area contributed by atoms with Crippen LogP contribution < -0.4 is 24.0 Å². The lowest BCUT2D eigenvalue weighted by molar-refractivity contribution is 0.303. The van der Waals surface area contributed by atoms with Crippen molar-refractivity contribution < 1.29 is 14.2 Å². The smallest absolute Gasteiger partial charge is 0.225 e. The molecule has 0 amide bonds. The Hall–Kier alpha value is -4.14. The molecule has 1 atom stereocenters. The molecule has 0 N–H and O–H groups in total. The van der Waals surface area contributed by atoms with E-state index in [9.17, 15) is 0 Å². The van der Waals surface area contributed by atoms with Gasteiger partial charge in [0.15, 0.2) is 17.2 Å². The first-order chi connectivity index (χ1) is 18.2. The summed E-state index contributed by atoms with van der Waals surface area (Å²) in [6.45, 7) is 8.98. The molecule has 37 heavy (non-hydrogen) atoms. The quantitative estimate of drug-likeness (QED) is 0.355. The second-order valence-electron chi connectivity index (χ2n) is 8.40. The van der Waals surface area contributed by atoms with Crippen LogP contribution in [0.2, 0.25) is 0 Å². The first-order valence-corrected chi connectivity index (χ1v) is 12.5. The number of fused-ring (bicyclic) bond motifs is 1. The predicted octanol–water partition coefficient (Wildman–Crippen LogP) is 4.76. The molecule has 0 saturated carbocycles. The van der Waals surface area contributed by atoms with E-state index in [1.165, 1.54) is 0 Å². The highest BCUT2D eigenvalue weighted by atomic mass is 16.5. The fourth-order valence-corrected chi connectivity index (χ4v) is 4.34. The minimum Gasteiger partial charge on any atom is -0.493 e. The van der Waals surface area contributed by atoms with E-state index in [1.807, 2.05) is 56.3 Å². The number of anilines is 2. The molecule has 2 aromatic carbocycles. The molecule has 1 saturated heterocycles. The standard InChI is InChI=1S/C26H28N6O3.C2H6/c1-18-15-31(26-27-13-20(14-28-26)35-16-19-7-5-4-6-8-19)9-10-32(18)25-21-11-23(33-2)24(34-3)12-22(21)29-17-30-25;1-2/h4-8,11-14,17-18H,9-10,15-16H2,1-3H3;1-2H3/t18-;/m1./s1. The lowest BCUT2D eigenvalue weighted by Crippen LogP contribution is -2.53. The number of hydrogen-bond donors (Lipinski definition) is 0. The fraction of sp³-hybridized carbons (Fsp3) is 0.357. The van der Waals surface area contributed by atoms with Gasteiger partial charge in [-0.3, -0.25) is 0 Å². The molecule has 1 fully saturated rings. The number of nitrogens with zero attached hydrogens (tertiary/aromatic N) is 6. The molecular weight excluding hydrogens is 468 g/mol. The van der Waals surface area contributed by atoms with Crippen LogP contribution in [0.5, 0.6) is 17.2 Å². The van der Waals surface area contributed by atoms with Crippen molar-refractivity contribution in [3.8, 4) is 17.2 Å². The molecule has 194 valence electrons. The maximum absolute atomic E-state index is 5.82. The Morgan fingerprint density at radius 1 is 0.892 bits per heavy atom. The van der Waals surface area contributed by atoms with Crippen LogP contribution in [0, 0.1) is 0 Å². The van der Waals surface area contributed by atoms with Gasteiger partial charge in [-0.1, -0.05) is 44.2 Å². The molecule has 0 spiro atoms. The van der Waals surface area contributed by atoms with E-state index in [2.05, 4.69) is 36.7 Å². The number of hydrogen-bond acceptors (Lipinski definition) is 9. The lowest BCUT2D eigenvalue weighted by atomic mass is 10.1. The minimum absolute atomic E-state index is 0.188. The zero-order valence-electron chi connectivity index (χ0n) is 22.1. The number of rotatable bonds is 7. The highest BCUT2D eigenvalue weighted by molar-refractivity contribution is 5.92. The Kier molecular flexibility index (Phi) is 8.56. The van der Waals surface area contributed by atoms with Crippen LogP contribution in [0.4, 0.5) is 11.8 Å². The zero-order valence-corrected chi connectivity index (χ0v) is 22.1. The Labute approximate surface area is 218 Å². The number of methoxy groups -OCH3 is 2. The monoisotopic (exact) mass is 502 g/mol. The summed E-state index contributed by atoms with van der Waals surface area (Å²) < 4.78 is 16.8. The third-order valence-corrected chi connectivity index (χ3v) is 6.16.